The van der Waals surface area contributed by atoms with Crippen LogP contribution < -0.4 is 4.74 Å². The average molecular weight is 460 g/mol. The molecule has 7 heteroatoms. The van der Waals surface area contributed by atoms with Crippen LogP contribution in [0.15, 0.2) is 59.8 Å². The van der Waals surface area contributed by atoms with Crippen molar-refractivity contribution in [3.63, 3.8) is 0 Å². The summed E-state index contributed by atoms with van der Waals surface area (Å²) in [6, 6.07) is 18.0. The number of carbonyl (C=O) groups excluding carboxylic acids is 2. The predicted molar refractivity (Wildman–Crippen MR) is 126 cm³/mol. The highest BCUT2D eigenvalue weighted by molar-refractivity contribution is 6.09. The molecule has 2 amide bonds. The topological polar surface area (TPSA) is 71.4 Å². The van der Waals surface area contributed by atoms with Crippen molar-refractivity contribution < 1.29 is 19.2 Å². The lowest BCUT2D eigenvalue weighted by atomic mass is 9.71. The maximum Gasteiger partial charge on any atom is 0.233 e. The van der Waals surface area contributed by atoms with Gasteiger partial charge in [0.25, 0.3) is 0 Å². The first-order chi connectivity index (χ1) is 16.5. The quantitative estimate of drug-likeness (QED) is 0.596. The van der Waals surface area contributed by atoms with Gasteiger partial charge in [-0.05, 0) is 56.3 Å². The van der Waals surface area contributed by atoms with Crippen molar-refractivity contribution in [1.82, 2.24) is 9.80 Å². The number of carbonyl (C=O) groups is 2. The van der Waals surface area contributed by atoms with Crippen LogP contribution in [-0.2, 0) is 21.0 Å². The maximum absolute atomic E-state index is 13.3. The van der Waals surface area contributed by atoms with E-state index < -0.39 is 0 Å². The second kappa shape index (κ2) is 8.24. The van der Waals surface area contributed by atoms with Crippen LogP contribution >= 0.6 is 0 Å². The number of hydrogen-bond acceptors (Lipinski definition) is 6. The van der Waals surface area contributed by atoms with Crippen LogP contribution in [0, 0.1) is 29.6 Å². The molecule has 3 fully saturated rings. The van der Waals surface area contributed by atoms with Gasteiger partial charge in [-0.1, -0.05) is 35.5 Å². The summed E-state index contributed by atoms with van der Waals surface area (Å²) in [6.45, 7) is 1.65. The fourth-order valence-corrected chi connectivity index (χ4v) is 6.41. The van der Waals surface area contributed by atoms with Crippen molar-refractivity contribution in [1.29, 1.82) is 0 Å². The van der Waals surface area contributed by atoms with E-state index in [4.69, 9.17) is 9.57 Å². The second-order valence-corrected chi connectivity index (χ2v) is 10.1. The minimum atomic E-state index is -0.246. The van der Waals surface area contributed by atoms with E-state index >= 15 is 0 Å². The van der Waals surface area contributed by atoms with Gasteiger partial charge in [-0.3, -0.25) is 14.5 Å². The summed E-state index contributed by atoms with van der Waals surface area (Å²) in [6.07, 6.45) is 0.752. The van der Waals surface area contributed by atoms with E-state index in [1.54, 1.807) is 0 Å². The molecule has 6 atom stereocenters. The molecule has 2 aromatic carbocycles. The van der Waals surface area contributed by atoms with Crippen molar-refractivity contribution in [2.45, 2.75) is 19.1 Å². The summed E-state index contributed by atoms with van der Waals surface area (Å²) in [5.74, 6) is 0.535. The highest BCUT2D eigenvalue weighted by atomic mass is 16.6. The van der Waals surface area contributed by atoms with Crippen LogP contribution in [0.3, 0.4) is 0 Å². The average Bonchev–Trinajstić information content (AvgIpc) is 3.58. The van der Waals surface area contributed by atoms with Crippen molar-refractivity contribution in [3.05, 3.63) is 65.7 Å². The molecule has 2 aliphatic heterocycles. The zero-order chi connectivity index (χ0) is 23.4. The van der Waals surface area contributed by atoms with E-state index in [0.717, 1.165) is 29.0 Å². The molecule has 0 aromatic heterocycles. The van der Waals surface area contributed by atoms with Crippen molar-refractivity contribution in [2.75, 3.05) is 27.2 Å². The zero-order valence-corrected chi connectivity index (χ0v) is 19.5. The van der Waals surface area contributed by atoms with E-state index in [-0.39, 0.29) is 47.5 Å². The van der Waals surface area contributed by atoms with E-state index in [1.165, 1.54) is 4.90 Å². The summed E-state index contributed by atoms with van der Waals surface area (Å²) in [5, 5.41) is 4.44. The largest absolute Gasteiger partial charge is 0.489 e. The molecule has 34 heavy (non-hydrogen) atoms. The van der Waals surface area contributed by atoms with Crippen LogP contribution in [0.4, 0.5) is 0 Å². The molecule has 2 saturated carbocycles. The third-order valence-corrected chi connectivity index (χ3v) is 7.95. The number of rotatable bonds is 7. The standard InChI is InChI=1S/C27H29N3O4/c1-29(2)12-13-30-26(31)21-19-14-20(22(21)27(30)32)25-23(19)24(28-34-25)17-8-10-18(11-9-17)33-15-16-6-4-3-5-7-16/h3-11,19-23,25H,12-15H2,1-2H3/t19-,20+,21-,22+,23-,25-/m1/s1. The first-order valence-electron chi connectivity index (χ1n) is 12.0. The van der Waals surface area contributed by atoms with Crippen LogP contribution in [-0.4, -0.2) is 60.6 Å². The van der Waals surface area contributed by atoms with Gasteiger partial charge in [-0.15, -0.1) is 0 Å². The summed E-state index contributed by atoms with van der Waals surface area (Å²) >= 11 is 0. The van der Waals surface area contributed by atoms with Gasteiger partial charge in [0, 0.05) is 30.5 Å². The zero-order valence-electron chi connectivity index (χ0n) is 19.5. The van der Waals surface area contributed by atoms with Gasteiger partial charge >= 0.3 is 0 Å². The number of nitrogens with zero attached hydrogens (tertiary/aromatic N) is 3. The summed E-state index contributed by atoms with van der Waals surface area (Å²) in [4.78, 5) is 35.8. The van der Waals surface area contributed by atoms with Gasteiger partial charge in [-0.2, -0.15) is 0 Å². The second-order valence-electron chi connectivity index (χ2n) is 10.1. The fraction of sp³-hybridized carbons (Fsp3) is 0.444. The van der Waals surface area contributed by atoms with Gasteiger partial charge in [0.1, 0.15) is 18.5 Å². The number of imide groups is 1. The molecule has 176 valence electrons. The Balaban J connectivity index is 1.17. The third kappa shape index (κ3) is 3.33. The molecule has 1 saturated heterocycles. The summed E-state index contributed by atoms with van der Waals surface area (Å²) < 4.78 is 5.92. The lowest BCUT2D eigenvalue weighted by Gasteiger charge is -2.29. The normalized spacial score (nSPS) is 31.0. The minimum absolute atomic E-state index is 0.00119. The Morgan fingerprint density at radius 3 is 2.38 bits per heavy atom. The number of amides is 2. The van der Waals surface area contributed by atoms with Crippen LogP contribution in [0.5, 0.6) is 5.75 Å². The maximum atomic E-state index is 13.3. The predicted octanol–water partition coefficient (Wildman–Crippen LogP) is 2.80. The fourth-order valence-electron chi connectivity index (χ4n) is 6.41. The van der Waals surface area contributed by atoms with Gasteiger partial charge < -0.3 is 14.5 Å². The molecule has 0 spiro atoms. The first kappa shape index (κ1) is 21.4. The molecule has 7 nitrogen and oxygen atoms in total. The van der Waals surface area contributed by atoms with E-state index in [9.17, 15) is 9.59 Å². The number of oxime groups is 1. The number of ether oxygens (including phenoxy) is 1. The Morgan fingerprint density at radius 2 is 1.68 bits per heavy atom. The molecule has 2 aromatic rings. The highest BCUT2D eigenvalue weighted by Gasteiger charge is 2.70. The number of hydrogen-bond donors (Lipinski definition) is 0. The Morgan fingerprint density at radius 1 is 0.971 bits per heavy atom. The Labute approximate surface area is 199 Å². The van der Waals surface area contributed by atoms with Crippen molar-refractivity contribution in [3.8, 4) is 5.75 Å². The smallest absolute Gasteiger partial charge is 0.233 e. The molecule has 2 aliphatic carbocycles. The molecule has 2 heterocycles. The van der Waals surface area contributed by atoms with E-state index in [0.29, 0.717) is 19.7 Å². The lowest BCUT2D eigenvalue weighted by molar-refractivity contribution is -0.141. The first-order valence-corrected chi connectivity index (χ1v) is 12.0. The lowest BCUT2D eigenvalue weighted by Crippen LogP contribution is -2.41. The Hall–Kier alpha value is -3.19. The minimum Gasteiger partial charge on any atom is -0.489 e. The number of likely N-dealkylation sites (tertiary alicyclic amines) is 1. The van der Waals surface area contributed by atoms with Gasteiger partial charge in [-0.25, -0.2) is 0 Å². The number of likely N-dealkylation sites (N-methyl/N-ethyl adjacent to an activating group) is 1. The van der Waals surface area contributed by atoms with Crippen LogP contribution in [0.2, 0.25) is 0 Å². The molecule has 0 N–H and O–H groups in total. The van der Waals surface area contributed by atoms with Gasteiger partial charge in [0.05, 0.1) is 17.5 Å². The SMILES string of the molecule is CN(C)CCN1C(=O)[C@@H]2[C@H]3C[C@H]([C@H]4ON=C(c5ccc(OCc6ccccc6)cc5)[C@@H]34)[C@@H]2C1=O. The van der Waals surface area contributed by atoms with E-state index in [1.807, 2.05) is 73.6 Å². The van der Waals surface area contributed by atoms with E-state index in [2.05, 4.69) is 5.16 Å². The molecular weight excluding hydrogens is 430 g/mol. The van der Waals surface area contributed by atoms with Crippen LogP contribution in [0.1, 0.15) is 17.5 Å². The molecule has 0 radical (unpaired) electrons. The monoisotopic (exact) mass is 459 g/mol. The summed E-state index contributed by atoms with van der Waals surface area (Å²) in [5.41, 5.74) is 3.01. The summed E-state index contributed by atoms with van der Waals surface area (Å²) in [7, 11) is 3.91. The highest BCUT2D eigenvalue weighted by Crippen LogP contribution is 2.61. The van der Waals surface area contributed by atoms with Gasteiger partial charge in [0.15, 0.2) is 0 Å². The number of fused-ring (bicyclic) bond motifs is 8. The Kier molecular flexibility index (Phi) is 5.17. The Bertz CT molecular complexity index is 1130. The molecule has 6 rings (SSSR count). The molecular formula is C27H29N3O4. The molecule has 2 bridgehead atoms. The van der Waals surface area contributed by atoms with Crippen LogP contribution in [0.25, 0.3) is 0 Å². The molecule has 0 unspecified atom stereocenters. The molecule has 4 aliphatic rings. The van der Waals surface area contributed by atoms with Crippen molar-refractivity contribution in [2.24, 2.45) is 34.7 Å². The number of benzene rings is 2. The van der Waals surface area contributed by atoms with Gasteiger partial charge in [0.2, 0.25) is 11.8 Å². The van der Waals surface area contributed by atoms with Crippen molar-refractivity contribution >= 4 is 17.5 Å². The third-order valence-electron chi connectivity index (χ3n) is 7.95.